The molecule has 1 aliphatic heterocycles. The summed E-state index contributed by atoms with van der Waals surface area (Å²) < 4.78 is 1.06. The lowest BCUT2D eigenvalue weighted by atomic mass is 10.1. The second-order valence-corrected chi connectivity index (χ2v) is 3.24. The van der Waals surface area contributed by atoms with Crippen molar-refractivity contribution in [3.8, 4) is 0 Å². The highest BCUT2D eigenvalue weighted by Gasteiger charge is 2.27. The smallest absolute Gasteiger partial charge is 0.432 e. The molecular weight excluding hydrogens is 170 g/mol. The standard InChI is InChI=1S/C8H11N3O2/c1-4-7-5(2)10-11(8(12)13)6(7)3-9-4/h4,9H,3H2,1-2H3,(H,12,13). The van der Waals surface area contributed by atoms with Gasteiger partial charge in [-0.05, 0) is 13.8 Å². The highest BCUT2D eigenvalue weighted by atomic mass is 16.4. The van der Waals surface area contributed by atoms with Crippen molar-refractivity contribution in [1.29, 1.82) is 0 Å². The SMILES string of the molecule is Cc1nn(C(=O)O)c2c1C(C)NC2. The van der Waals surface area contributed by atoms with Crippen molar-refractivity contribution in [2.24, 2.45) is 0 Å². The molecule has 0 radical (unpaired) electrons. The number of carbonyl (C=O) groups is 1. The summed E-state index contributed by atoms with van der Waals surface area (Å²) in [6, 6.07) is 0.211. The van der Waals surface area contributed by atoms with E-state index in [1.54, 1.807) is 0 Å². The molecule has 0 saturated carbocycles. The molecule has 2 rings (SSSR count). The van der Waals surface area contributed by atoms with Crippen LogP contribution in [-0.2, 0) is 6.54 Å². The van der Waals surface area contributed by atoms with E-state index in [0.717, 1.165) is 21.6 Å². The fourth-order valence-electron chi connectivity index (χ4n) is 1.83. The van der Waals surface area contributed by atoms with Gasteiger partial charge in [0.2, 0.25) is 0 Å². The van der Waals surface area contributed by atoms with Crippen molar-refractivity contribution in [2.75, 3.05) is 0 Å². The van der Waals surface area contributed by atoms with Gasteiger partial charge in [0, 0.05) is 18.2 Å². The number of aromatic nitrogens is 2. The van der Waals surface area contributed by atoms with Crippen molar-refractivity contribution in [1.82, 2.24) is 15.1 Å². The molecule has 0 spiro atoms. The zero-order valence-electron chi connectivity index (χ0n) is 7.53. The molecule has 0 bridgehead atoms. The molecule has 0 fully saturated rings. The maximum absolute atomic E-state index is 10.8. The minimum Gasteiger partial charge on any atom is -0.463 e. The quantitative estimate of drug-likeness (QED) is 0.623. The molecule has 0 aliphatic carbocycles. The lowest BCUT2D eigenvalue weighted by Crippen LogP contribution is -2.16. The van der Waals surface area contributed by atoms with Gasteiger partial charge in [-0.1, -0.05) is 0 Å². The molecule has 1 aromatic heterocycles. The number of hydrogen-bond donors (Lipinski definition) is 2. The fourth-order valence-corrected chi connectivity index (χ4v) is 1.83. The predicted molar refractivity (Wildman–Crippen MR) is 45.6 cm³/mol. The second-order valence-electron chi connectivity index (χ2n) is 3.24. The Morgan fingerprint density at radius 1 is 1.77 bits per heavy atom. The average molecular weight is 181 g/mol. The minimum atomic E-state index is -1.01. The van der Waals surface area contributed by atoms with Gasteiger partial charge in [-0.2, -0.15) is 9.78 Å². The van der Waals surface area contributed by atoms with Gasteiger partial charge in [0.1, 0.15) is 0 Å². The van der Waals surface area contributed by atoms with E-state index in [1.807, 2.05) is 13.8 Å². The van der Waals surface area contributed by atoms with Crippen LogP contribution in [0.5, 0.6) is 0 Å². The van der Waals surface area contributed by atoms with Crippen LogP contribution in [-0.4, -0.2) is 21.0 Å². The summed E-state index contributed by atoms with van der Waals surface area (Å²) in [5.41, 5.74) is 2.61. The maximum atomic E-state index is 10.8. The average Bonchev–Trinajstić information content (AvgIpc) is 2.55. The zero-order valence-corrected chi connectivity index (χ0v) is 7.53. The van der Waals surface area contributed by atoms with E-state index >= 15 is 0 Å². The molecule has 1 aromatic rings. The molecular formula is C8H11N3O2. The zero-order chi connectivity index (χ0) is 9.59. The molecule has 1 aliphatic rings. The van der Waals surface area contributed by atoms with Gasteiger partial charge in [-0.25, -0.2) is 4.79 Å². The summed E-state index contributed by atoms with van der Waals surface area (Å²) in [4.78, 5) is 10.8. The maximum Gasteiger partial charge on any atom is 0.432 e. The predicted octanol–water partition coefficient (Wildman–Crippen LogP) is 0.882. The highest BCUT2D eigenvalue weighted by Crippen LogP contribution is 2.27. The highest BCUT2D eigenvalue weighted by molar-refractivity contribution is 5.69. The van der Waals surface area contributed by atoms with Crippen molar-refractivity contribution < 1.29 is 9.90 Å². The Kier molecular flexibility index (Phi) is 1.63. The van der Waals surface area contributed by atoms with Crippen LogP contribution < -0.4 is 5.32 Å². The normalized spacial score (nSPS) is 20.3. The van der Waals surface area contributed by atoms with Crippen LogP contribution in [0.25, 0.3) is 0 Å². The van der Waals surface area contributed by atoms with Crippen LogP contribution in [0.3, 0.4) is 0 Å². The molecule has 1 unspecified atom stereocenters. The largest absolute Gasteiger partial charge is 0.463 e. The van der Waals surface area contributed by atoms with E-state index in [1.165, 1.54) is 0 Å². The van der Waals surface area contributed by atoms with Gasteiger partial charge >= 0.3 is 6.09 Å². The Morgan fingerprint density at radius 2 is 2.46 bits per heavy atom. The lowest BCUT2D eigenvalue weighted by Gasteiger charge is -2.01. The van der Waals surface area contributed by atoms with Gasteiger partial charge in [-0.3, -0.25) is 0 Å². The number of rotatable bonds is 0. The molecule has 0 aromatic carbocycles. The number of aryl methyl sites for hydroxylation is 1. The van der Waals surface area contributed by atoms with Crippen molar-refractivity contribution in [3.05, 3.63) is 17.0 Å². The van der Waals surface area contributed by atoms with Crippen LogP contribution in [0.15, 0.2) is 0 Å². The summed E-state index contributed by atoms with van der Waals surface area (Å²) in [5.74, 6) is 0. The van der Waals surface area contributed by atoms with Gasteiger partial charge in [0.25, 0.3) is 0 Å². The molecule has 5 heteroatoms. The lowest BCUT2D eigenvalue weighted by molar-refractivity contribution is 0.191. The van der Waals surface area contributed by atoms with Crippen LogP contribution in [0, 0.1) is 6.92 Å². The molecule has 0 amide bonds. The van der Waals surface area contributed by atoms with Crippen molar-refractivity contribution >= 4 is 6.09 Å². The first kappa shape index (κ1) is 8.25. The Balaban J connectivity index is 2.59. The molecule has 5 nitrogen and oxygen atoms in total. The van der Waals surface area contributed by atoms with E-state index in [2.05, 4.69) is 10.4 Å². The third-order valence-corrected chi connectivity index (χ3v) is 2.40. The van der Waals surface area contributed by atoms with Crippen LogP contribution >= 0.6 is 0 Å². The van der Waals surface area contributed by atoms with Crippen LogP contribution in [0.4, 0.5) is 4.79 Å². The van der Waals surface area contributed by atoms with E-state index in [-0.39, 0.29) is 6.04 Å². The Morgan fingerprint density at radius 3 is 3.08 bits per heavy atom. The molecule has 2 N–H and O–H groups in total. The van der Waals surface area contributed by atoms with E-state index in [9.17, 15) is 4.79 Å². The molecule has 1 atom stereocenters. The van der Waals surface area contributed by atoms with Crippen molar-refractivity contribution in [2.45, 2.75) is 26.4 Å². The monoisotopic (exact) mass is 181 g/mol. The van der Waals surface area contributed by atoms with E-state index < -0.39 is 6.09 Å². The summed E-state index contributed by atoms with van der Waals surface area (Å²) in [6.07, 6.45) is -1.01. The Bertz CT molecular complexity index is 370. The van der Waals surface area contributed by atoms with Gasteiger partial charge in [0.15, 0.2) is 0 Å². The number of nitrogens with zero attached hydrogens (tertiary/aromatic N) is 2. The summed E-state index contributed by atoms with van der Waals surface area (Å²) in [7, 11) is 0. The number of fused-ring (bicyclic) bond motifs is 1. The summed E-state index contributed by atoms with van der Waals surface area (Å²) >= 11 is 0. The first-order chi connectivity index (χ1) is 6.11. The van der Waals surface area contributed by atoms with Crippen LogP contribution in [0.1, 0.15) is 29.9 Å². The third kappa shape index (κ3) is 1.04. The molecule has 0 saturated heterocycles. The van der Waals surface area contributed by atoms with Crippen molar-refractivity contribution in [3.63, 3.8) is 0 Å². The first-order valence-corrected chi connectivity index (χ1v) is 4.16. The fraction of sp³-hybridized carbons (Fsp3) is 0.500. The second kappa shape index (κ2) is 2.56. The minimum absolute atomic E-state index is 0.211. The van der Waals surface area contributed by atoms with E-state index in [4.69, 9.17) is 5.11 Å². The first-order valence-electron chi connectivity index (χ1n) is 4.16. The van der Waals surface area contributed by atoms with Gasteiger partial charge < -0.3 is 10.4 Å². The topological polar surface area (TPSA) is 67.2 Å². The number of carboxylic acid groups (broad SMARTS) is 1. The summed E-state index contributed by atoms with van der Waals surface area (Å²) in [5, 5.41) is 16.0. The van der Waals surface area contributed by atoms with Crippen LogP contribution in [0.2, 0.25) is 0 Å². The van der Waals surface area contributed by atoms with Gasteiger partial charge in [0.05, 0.1) is 11.4 Å². The third-order valence-electron chi connectivity index (χ3n) is 2.40. The summed E-state index contributed by atoms with van der Waals surface area (Å²) in [6.45, 7) is 4.43. The Hall–Kier alpha value is -1.36. The number of hydrogen-bond acceptors (Lipinski definition) is 3. The molecule has 13 heavy (non-hydrogen) atoms. The molecule has 70 valence electrons. The molecule has 2 heterocycles. The number of nitrogens with one attached hydrogen (secondary N) is 1. The van der Waals surface area contributed by atoms with Gasteiger partial charge in [-0.15, -0.1) is 0 Å². The van der Waals surface area contributed by atoms with E-state index in [0.29, 0.717) is 6.54 Å². The Labute approximate surface area is 75.4 Å².